The lowest BCUT2D eigenvalue weighted by atomic mass is 9.87. The number of rotatable bonds is 0. The van der Waals surface area contributed by atoms with Gasteiger partial charge in [-0.3, -0.25) is 0 Å². The highest BCUT2D eigenvalue weighted by Crippen LogP contribution is 2.29. The molecule has 0 heterocycles. The monoisotopic (exact) mass is 177 g/mol. The first-order valence-electron chi connectivity index (χ1n) is 4.59. The molecule has 70 valence electrons. The smallest absolute Gasteiger partial charge is 0.0583 e. The summed E-state index contributed by atoms with van der Waals surface area (Å²) >= 11 is 0. The van der Waals surface area contributed by atoms with E-state index >= 15 is 0 Å². The molecule has 13 heavy (non-hydrogen) atoms. The SMILES string of the molecule is Nc1ccc2c(c1N)CC[C@H](N)C2. The van der Waals surface area contributed by atoms with Crippen molar-refractivity contribution in [3.8, 4) is 0 Å². The highest BCUT2D eigenvalue weighted by Gasteiger charge is 2.17. The van der Waals surface area contributed by atoms with E-state index in [4.69, 9.17) is 17.2 Å². The van der Waals surface area contributed by atoms with Crippen LogP contribution in [-0.4, -0.2) is 6.04 Å². The lowest BCUT2D eigenvalue weighted by Crippen LogP contribution is -2.28. The standard InChI is InChI=1S/C10H15N3/c11-7-2-3-8-6(5-7)1-4-9(12)10(8)13/h1,4,7H,2-3,5,11-13H2/t7-/m0/s1. The van der Waals surface area contributed by atoms with E-state index in [1.807, 2.05) is 12.1 Å². The fourth-order valence-electron chi connectivity index (χ4n) is 1.93. The molecule has 1 aliphatic carbocycles. The highest BCUT2D eigenvalue weighted by atomic mass is 14.7. The zero-order valence-corrected chi connectivity index (χ0v) is 7.59. The maximum Gasteiger partial charge on any atom is 0.0583 e. The van der Waals surface area contributed by atoms with Gasteiger partial charge in [-0.15, -0.1) is 0 Å². The summed E-state index contributed by atoms with van der Waals surface area (Å²) < 4.78 is 0. The Balaban J connectivity index is 2.47. The Morgan fingerprint density at radius 1 is 1.23 bits per heavy atom. The van der Waals surface area contributed by atoms with Crippen LogP contribution in [-0.2, 0) is 12.8 Å². The van der Waals surface area contributed by atoms with Gasteiger partial charge in [0.15, 0.2) is 0 Å². The average Bonchev–Trinajstić information content (AvgIpc) is 2.12. The van der Waals surface area contributed by atoms with Crippen molar-refractivity contribution in [2.45, 2.75) is 25.3 Å². The average molecular weight is 177 g/mol. The third-order valence-electron chi connectivity index (χ3n) is 2.74. The molecule has 0 unspecified atom stereocenters. The van der Waals surface area contributed by atoms with E-state index in [9.17, 15) is 0 Å². The predicted octanol–water partition coefficient (Wildman–Crippen LogP) is 0.667. The van der Waals surface area contributed by atoms with Gasteiger partial charge in [-0.25, -0.2) is 0 Å². The van der Waals surface area contributed by atoms with Gasteiger partial charge in [0.2, 0.25) is 0 Å². The van der Waals surface area contributed by atoms with E-state index in [0.717, 1.165) is 24.9 Å². The molecule has 0 saturated heterocycles. The summed E-state index contributed by atoms with van der Waals surface area (Å²) in [6.07, 6.45) is 2.91. The summed E-state index contributed by atoms with van der Waals surface area (Å²) in [5.41, 5.74) is 21.4. The lowest BCUT2D eigenvalue weighted by molar-refractivity contribution is 0.578. The Morgan fingerprint density at radius 2 is 2.00 bits per heavy atom. The summed E-state index contributed by atoms with van der Waals surface area (Å²) in [5, 5.41) is 0. The molecule has 1 aliphatic rings. The minimum Gasteiger partial charge on any atom is -0.397 e. The molecular formula is C10H15N3. The minimum absolute atomic E-state index is 0.288. The van der Waals surface area contributed by atoms with E-state index in [2.05, 4.69) is 0 Å². The third-order valence-corrected chi connectivity index (χ3v) is 2.74. The number of nitrogen functional groups attached to an aromatic ring is 2. The quantitative estimate of drug-likeness (QED) is 0.509. The summed E-state index contributed by atoms with van der Waals surface area (Å²) in [6, 6.07) is 4.20. The molecular weight excluding hydrogens is 162 g/mol. The second-order valence-electron chi connectivity index (χ2n) is 3.71. The van der Waals surface area contributed by atoms with E-state index in [1.165, 1.54) is 11.1 Å². The molecule has 0 fully saturated rings. The molecule has 1 aromatic rings. The van der Waals surface area contributed by atoms with Crippen LogP contribution in [0.5, 0.6) is 0 Å². The summed E-state index contributed by atoms with van der Waals surface area (Å²) in [7, 11) is 0. The first kappa shape index (κ1) is 8.38. The van der Waals surface area contributed by atoms with Crippen molar-refractivity contribution in [3.63, 3.8) is 0 Å². The number of hydrogen-bond donors (Lipinski definition) is 3. The predicted molar refractivity (Wildman–Crippen MR) is 55.3 cm³/mol. The third kappa shape index (κ3) is 1.35. The van der Waals surface area contributed by atoms with Crippen molar-refractivity contribution in [1.29, 1.82) is 0 Å². The number of nitrogens with two attached hydrogens (primary N) is 3. The van der Waals surface area contributed by atoms with Gasteiger partial charge in [-0.1, -0.05) is 6.07 Å². The van der Waals surface area contributed by atoms with Crippen LogP contribution < -0.4 is 17.2 Å². The van der Waals surface area contributed by atoms with E-state index in [0.29, 0.717) is 5.69 Å². The Labute approximate surface area is 77.9 Å². The molecule has 0 spiro atoms. The number of hydrogen-bond acceptors (Lipinski definition) is 3. The van der Waals surface area contributed by atoms with Gasteiger partial charge in [-0.05, 0) is 36.5 Å². The molecule has 3 heteroatoms. The topological polar surface area (TPSA) is 78.1 Å². The zero-order chi connectivity index (χ0) is 9.42. The first-order valence-corrected chi connectivity index (χ1v) is 4.59. The second-order valence-corrected chi connectivity index (χ2v) is 3.71. The zero-order valence-electron chi connectivity index (χ0n) is 7.59. The Hall–Kier alpha value is -1.22. The number of anilines is 2. The van der Waals surface area contributed by atoms with Gasteiger partial charge in [0.1, 0.15) is 0 Å². The molecule has 0 amide bonds. The fraction of sp³-hybridized carbons (Fsp3) is 0.400. The van der Waals surface area contributed by atoms with Crippen LogP contribution >= 0.6 is 0 Å². The minimum atomic E-state index is 0.288. The van der Waals surface area contributed by atoms with Gasteiger partial charge in [0, 0.05) is 6.04 Å². The van der Waals surface area contributed by atoms with Crippen molar-refractivity contribution in [2.24, 2.45) is 5.73 Å². The first-order chi connectivity index (χ1) is 6.18. The van der Waals surface area contributed by atoms with E-state index < -0.39 is 0 Å². The van der Waals surface area contributed by atoms with Crippen LogP contribution in [0.1, 0.15) is 17.5 Å². The second kappa shape index (κ2) is 2.92. The molecule has 3 nitrogen and oxygen atoms in total. The van der Waals surface area contributed by atoms with Gasteiger partial charge >= 0.3 is 0 Å². The molecule has 0 aromatic heterocycles. The summed E-state index contributed by atoms with van der Waals surface area (Å²) in [4.78, 5) is 0. The van der Waals surface area contributed by atoms with Gasteiger partial charge in [0.05, 0.1) is 11.4 Å². The van der Waals surface area contributed by atoms with Crippen LogP contribution in [0.25, 0.3) is 0 Å². The molecule has 0 radical (unpaired) electrons. The Bertz CT molecular complexity index is 333. The Kier molecular flexibility index (Phi) is 1.88. The molecule has 0 saturated carbocycles. The van der Waals surface area contributed by atoms with Gasteiger partial charge in [-0.2, -0.15) is 0 Å². The fourth-order valence-corrected chi connectivity index (χ4v) is 1.93. The van der Waals surface area contributed by atoms with Crippen molar-refractivity contribution in [2.75, 3.05) is 11.5 Å². The number of fused-ring (bicyclic) bond motifs is 1. The van der Waals surface area contributed by atoms with Crippen LogP contribution in [0.3, 0.4) is 0 Å². The normalized spacial score (nSPS) is 21.2. The van der Waals surface area contributed by atoms with Crippen LogP contribution in [0, 0.1) is 0 Å². The van der Waals surface area contributed by atoms with Crippen LogP contribution in [0.2, 0.25) is 0 Å². The molecule has 0 bridgehead atoms. The maximum absolute atomic E-state index is 5.88. The molecule has 2 rings (SSSR count). The molecule has 0 aliphatic heterocycles. The summed E-state index contributed by atoms with van der Waals surface area (Å²) in [6.45, 7) is 0. The van der Waals surface area contributed by atoms with E-state index in [-0.39, 0.29) is 6.04 Å². The molecule has 6 N–H and O–H groups in total. The molecule has 1 aromatic carbocycles. The van der Waals surface area contributed by atoms with Gasteiger partial charge in [0.25, 0.3) is 0 Å². The van der Waals surface area contributed by atoms with Gasteiger partial charge < -0.3 is 17.2 Å². The van der Waals surface area contributed by atoms with Crippen molar-refractivity contribution in [1.82, 2.24) is 0 Å². The lowest BCUT2D eigenvalue weighted by Gasteiger charge is -2.23. The largest absolute Gasteiger partial charge is 0.397 e. The van der Waals surface area contributed by atoms with E-state index in [1.54, 1.807) is 0 Å². The van der Waals surface area contributed by atoms with Crippen LogP contribution in [0.15, 0.2) is 12.1 Å². The summed E-state index contributed by atoms with van der Waals surface area (Å²) in [5.74, 6) is 0. The van der Waals surface area contributed by atoms with Crippen LogP contribution in [0.4, 0.5) is 11.4 Å². The van der Waals surface area contributed by atoms with Crippen molar-refractivity contribution < 1.29 is 0 Å². The number of benzene rings is 1. The van der Waals surface area contributed by atoms with Crippen molar-refractivity contribution >= 4 is 11.4 Å². The Morgan fingerprint density at radius 3 is 2.77 bits per heavy atom. The maximum atomic E-state index is 5.88. The van der Waals surface area contributed by atoms with Crippen molar-refractivity contribution in [3.05, 3.63) is 23.3 Å². The highest BCUT2D eigenvalue weighted by molar-refractivity contribution is 5.69. The molecule has 1 atom stereocenters.